The van der Waals surface area contributed by atoms with Crippen LogP contribution in [0.1, 0.15) is 11.4 Å². The Labute approximate surface area is 113 Å². The molecule has 0 fully saturated rings. The van der Waals surface area contributed by atoms with Crippen LogP contribution in [0.4, 0.5) is 4.39 Å². The number of rotatable bonds is 3. The molecule has 1 aliphatic rings. The van der Waals surface area contributed by atoms with Crippen molar-refractivity contribution >= 4 is 5.84 Å². The SMILES string of the molecule is NC(=NO)c1ncn(CC2Cc3cc(F)ccc3O2)n1. The number of nitrogens with two attached hydrogens (primary N) is 1. The molecule has 1 unspecified atom stereocenters. The van der Waals surface area contributed by atoms with Crippen molar-refractivity contribution in [2.45, 2.75) is 19.1 Å². The van der Waals surface area contributed by atoms with Crippen LogP contribution in [0.15, 0.2) is 29.7 Å². The fourth-order valence-corrected chi connectivity index (χ4v) is 2.14. The Morgan fingerprint density at radius 2 is 2.45 bits per heavy atom. The molecule has 7 nitrogen and oxygen atoms in total. The van der Waals surface area contributed by atoms with Crippen molar-refractivity contribution in [2.75, 3.05) is 0 Å². The molecule has 0 bridgehead atoms. The zero-order valence-electron chi connectivity index (χ0n) is 10.4. The molecule has 1 aliphatic heterocycles. The molecule has 2 heterocycles. The highest BCUT2D eigenvalue weighted by atomic mass is 19.1. The molecule has 0 spiro atoms. The average molecular weight is 277 g/mol. The largest absolute Gasteiger partial charge is 0.488 e. The number of fused-ring (bicyclic) bond motifs is 1. The number of hydrogen-bond acceptors (Lipinski definition) is 5. The predicted octanol–water partition coefficient (Wildman–Crippen LogP) is 0.515. The number of amidine groups is 1. The Morgan fingerprint density at radius 3 is 3.25 bits per heavy atom. The van der Waals surface area contributed by atoms with E-state index in [2.05, 4.69) is 15.2 Å². The fourth-order valence-electron chi connectivity index (χ4n) is 2.14. The quantitative estimate of drug-likeness (QED) is 0.369. The van der Waals surface area contributed by atoms with E-state index in [0.29, 0.717) is 18.7 Å². The van der Waals surface area contributed by atoms with Gasteiger partial charge in [0.15, 0.2) is 0 Å². The minimum atomic E-state index is -0.275. The standard InChI is InChI=1S/C12H12FN5O2/c13-8-1-2-10-7(3-8)4-9(20-10)5-18-6-15-12(16-18)11(14)17-19/h1-3,6,9,19H,4-5H2,(H2,14,17). The third-order valence-electron chi connectivity index (χ3n) is 3.03. The normalized spacial score (nSPS) is 17.9. The molecule has 3 rings (SSSR count). The summed E-state index contributed by atoms with van der Waals surface area (Å²) in [6, 6.07) is 4.46. The Hall–Kier alpha value is -2.64. The maximum absolute atomic E-state index is 13.1. The molecule has 1 aromatic carbocycles. The van der Waals surface area contributed by atoms with Gasteiger partial charge >= 0.3 is 0 Å². The van der Waals surface area contributed by atoms with Crippen LogP contribution in [-0.2, 0) is 13.0 Å². The van der Waals surface area contributed by atoms with E-state index in [1.54, 1.807) is 10.7 Å². The van der Waals surface area contributed by atoms with E-state index in [-0.39, 0.29) is 23.6 Å². The molecule has 0 saturated heterocycles. The first-order valence-electron chi connectivity index (χ1n) is 5.98. The van der Waals surface area contributed by atoms with Crippen molar-refractivity contribution in [1.29, 1.82) is 0 Å². The summed E-state index contributed by atoms with van der Waals surface area (Å²) < 4.78 is 20.4. The smallest absolute Gasteiger partial charge is 0.219 e. The summed E-state index contributed by atoms with van der Waals surface area (Å²) in [4.78, 5) is 3.91. The van der Waals surface area contributed by atoms with Gasteiger partial charge in [-0.2, -0.15) is 0 Å². The molecular weight excluding hydrogens is 265 g/mol. The molecule has 20 heavy (non-hydrogen) atoms. The summed E-state index contributed by atoms with van der Waals surface area (Å²) in [6.45, 7) is 0.446. The number of benzene rings is 1. The lowest BCUT2D eigenvalue weighted by Crippen LogP contribution is -2.22. The second-order valence-corrected chi connectivity index (χ2v) is 4.47. The maximum atomic E-state index is 13.1. The predicted molar refractivity (Wildman–Crippen MR) is 67.1 cm³/mol. The van der Waals surface area contributed by atoms with Gasteiger partial charge in [0.05, 0.1) is 6.54 Å². The molecule has 104 valence electrons. The van der Waals surface area contributed by atoms with E-state index in [9.17, 15) is 4.39 Å². The van der Waals surface area contributed by atoms with Crippen molar-refractivity contribution < 1.29 is 14.3 Å². The highest BCUT2D eigenvalue weighted by Gasteiger charge is 2.24. The monoisotopic (exact) mass is 277 g/mol. The molecule has 1 aromatic heterocycles. The van der Waals surface area contributed by atoms with E-state index in [1.807, 2.05) is 0 Å². The average Bonchev–Trinajstić information content (AvgIpc) is 3.04. The number of oxime groups is 1. The van der Waals surface area contributed by atoms with Crippen LogP contribution in [0.5, 0.6) is 5.75 Å². The van der Waals surface area contributed by atoms with Crippen LogP contribution >= 0.6 is 0 Å². The van der Waals surface area contributed by atoms with Gasteiger partial charge in [-0.15, -0.1) is 5.10 Å². The van der Waals surface area contributed by atoms with Crippen molar-refractivity contribution in [2.24, 2.45) is 10.9 Å². The number of hydrogen-bond donors (Lipinski definition) is 2. The minimum absolute atomic E-state index is 0.145. The van der Waals surface area contributed by atoms with Crippen LogP contribution in [0.3, 0.4) is 0 Å². The third kappa shape index (κ3) is 2.27. The topological polar surface area (TPSA) is 98.6 Å². The molecule has 1 atom stereocenters. The Kier molecular flexibility index (Phi) is 2.97. The summed E-state index contributed by atoms with van der Waals surface area (Å²) in [7, 11) is 0. The van der Waals surface area contributed by atoms with Gasteiger partial charge in [0.2, 0.25) is 11.7 Å². The van der Waals surface area contributed by atoms with Crippen molar-refractivity contribution in [3.63, 3.8) is 0 Å². The molecule has 8 heteroatoms. The summed E-state index contributed by atoms with van der Waals surface area (Å²) in [5, 5.41) is 15.4. The van der Waals surface area contributed by atoms with Crippen LogP contribution in [0.25, 0.3) is 0 Å². The molecule has 0 amide bonds. The van der Waals surface area contributed by atoms with Crippen molar-refractivity contribution in [3.8, 4) is 5.75 Å². The number of aromatic nitrogens is 3. The third-order valence-corrected chi connectivity index (χ3v) is 3.03. The molecular formula is C12H12FN5O2. The lowest BCUT2D eigenvalue weighted by molar-refractivity contribution is 0.203. The van der Waals surface area contributed by atoms with E-state index in [4.69, 9.17) is 15.7 Å². The second-order valence-electron chi connectivity index (χ2n) is 4.47. The van der Waals surface area contributed by atoms with Gasteiger partial charge in [-0.25, -0.2) is 14.1 Å². The first kappa shape index (κ1) is 12.4. The maximum Gasteiger partial charge on any atom is 0.219 e. The minimum Gasteiger partial charge on any atom is -0.488 e. The van der Waals surface area contributed by atoms with Crippen molar-refractivity contribution in [3.05, 3.63) is 41.7 Å². The Balaban J connectivity index is 1.70. The molecule has 2 aromatic rings. The summed E-state index contributed by atoms with van der Waals surface area (Å²) >= 11 is 0. The Morgan fingerprint density at radius 1 is 1.60 bits per heavy atom. The number of nitrogens with zero attached hydrogens (tertiary/aromatic N) is 4. The van der Waals surface area contributed by atoms with Crippen molar-refractivity contribution in [1.82, 2.24) is 14.8 Å². The van der Waals surface area contributed by atoms with Crippen LogP contribution < -0.4 is 10.5 Å². The lowest BCUT2D eigenvalue weighted by Gasteiger charge is -2.09. The van der Waals surface area contributed by atoms with E-state index in [1.165, 1.54) is 18.5 Å². The first-order chi connectivity index (χ1) is 9.65. The number of ether oxygens (including phenoxy) is 1. The van der Waals surface area contributed by atoms with E-state index < -0.39 is 0 Å². The Bertz CT molecular complexity index is 670. The van der Waals surface area contributed by atoms with Gasteiger partial charge in [-0.05, 0) is 18.2 Å². The zero-order chi connectivity index (χ0) is 14.1. The van der Waals surface area contributed by atoms with E-state index in [0.717, 1.165) is 5.56 Å². The van der Waals surface area contributed by atoms with Gasteiger partial charge in [-0.1, -0.05) is 5.16 Å². The highest BCUT2D eigenvalue weighted by molar-refractivity contribution is 5.93. The second kappa shape index (κ2) is 4.80. The van der Waals surface area contributed by atoms with Crippen LogP contribution in [0.2, 0.25) is 0 Å². The van der Waals surface area contributed by atoms with Gasteiger partial charge in [-0.3, -0.25) is 0 Å². The van der Waals surface area contributed by atoms with Gasteiger partial charge in [0.25, 0.3) is 0 Å². The van der Waals surface area contributed by atoms with Crippen LogP contribution in [0, 0.1) is 5.82 Å². The molecule has 0 saturated carbocycles. The van der Waals surface area contributed by atoms with Crippen LogP contribution in [-0.4, -0.2) is 31.9 Å². The van der Waals surface area contributed by atoms with E-state index >= 15 is 0 Å². The molecule has 0 radical (unpaired) electrons. The molecule has 3 N–H and O–H groups in total. The van der Waals surface area contributed by atoms with Gasteiger partial charge in [0, 0.05) is 12.0 Å². The summed E-state index contributed by atoms with van der Waals surface area (Å²) in [6.07, 6.45) is 1.93. The first-order valence-corrected chi connectivity index (χ1v) is 5.98. The zero-order valence-corrected chi connectivity index (χ0v) is 10.4. The summed E-state index contributed by atoms with van der Waals surface area (Å²) in [5.74, 6) is 0.409. The fraction of sp³-hybridized carbons (Fsp3) is 0.250. The lowest BCUT2D eigenvalue weighted by atomic mass is 10.1. The highest BCUT2D eigenvalue weighted by Crippen LogP contribution is 2.29. The number of halogens is 1. The van der Waals surface area contributed by atoms with Gasteiger partial charge in [0.1, 0.15) is 24.0 Å². The van der Waals surface area contributed by atoms with Gasteiger partial charge < -0.3 is 15.7 Å². The summed E-state index contributed by atoms with van der Waals surface area (Å²) in [5.41, 5.74) is 6.23. The molecule has 0 aliphatic carbocycles.